The molecule has 0 aromatic carbocycles. The van der Waals surface area contributed by atoms with Gasteiger partial charge in [0.25, 0.3) is 0 Å². The third-order valence-corrected chi connectivity index (χ3v) is 4.10. The van der Waals surface area contributed by atoms with Gasteiger partial charge in [-0.15, -0.1) is 0 Å². The molecular formula is C11H20N2O2. The molecule has 0 bridgehead atoms. The van der Waals surface area contributed by atoms with Gasteiger partial charge in [-0.2, -0.15) is 0 Å². The van der Waals surface area contributed by atoms with Crippen LogP contribution in [0.15, 0.2) is 0 Å². The summed E-state index contributed by atoms with van der Waals surface area (Å²) >= 11 is 0. The van der Waals surface area contributed by atoms with Crippen LogP contribution in [-0.4, -0.2) is 60.1 Å². The van der Waals surface area contributed by atoms with Crippen LogP contribution < -0.4 is 0 Å². The molecule has 1 heterocycles. The second-order valence-electron chi connectivity index (χ2n) is 4.98. The molecule has 1 saturated carbocycles. The highest BCUT2D eigenvalue weighted by Crippen LogP contribution is 2.50. The number of piperazine rings is 1. The first-order chi connectivity index (χ1) is 7.06. The van der Waals surface area contributed by atoms with Crippen molar-refractivity contribution in [2.24, 2.45) is 5.41 Å². The highest BCUT2D eigenvalue weighted by Gasteiger charge is 2.56. The Morgan fingerprint density at radius 2 is 1.80 bits per heavy atom. The zero-order chi connectivity index (χ0) is 11.1. The molecule has 15 heavy (non-hydrogen) atoms. The number of rotatable bonds is 3. The summed E-state index contributed by atoms with van der Waals surface area (Å²) in [4.78, 5) is 15.8. The van der Waals surface area contributed by atoms with Gasteiger partial charge in [0.15, 0.2) is 0 Å². The number of carboxylic acid groups (broad SMARTS) is 1. The molecule has 2 aliphatic rings. The van der Waals surface area contributed by atoms with Crippen molar-refractivity contribution in [3.63, 3.8) is 0 Å². The predicted octanol–water partition coefficient (Wildman–Crippen LogP) is 0.487. The summed E-state index contributed by atoms with van der Waals surface area (Å²) in [5.74, 6) is -0.603. The largest absolute Gasteiger partial charge is 0.481 e. The van der Waals surface area contributed by atoms with Crippen LogP contribution in [0.2, 0.25) is 0 Å². The van der Waals surface area contributed by atoms with E-state index in [-0.39, 0.29) is 6.04 Å². The number of hydrogen-bond acceptors (Lipinski definition) is 3. The van der Waals surface area contributed by atoms with Crippen molar-refractivity contribution in [3.8, 4) is 0 Å². The van der Waals surface area contributed by atoms with E-state index in [0.29, 0.717) is 0 Å². The minimum absolute atomic E-state index is 0.198. The Kier molecular flexibility index (Phi) is 2.73. The number of nitrogens with zero attached hydrogens (tertiary/aromatic N) is 2. The van der Waals surface area contributed by atoms with Gasteiger partial charge < -0.3 is 10.0 Å². The average Bonchev–Trinajstić information content (AvgIpc) is 2.98. The van der Waals surface area contributed by atoms with Gasteiger partial charge >= 0.3 is 5.97 Å². The first kappa shape index (κ1) is 10.9. The van der Waals surface area contributed by atoms with Crippen molar-refractivity contribution >= 4 is 5.97 Å². The molecule has 1 saturated heterocycles. The first-order valence-electron chi connectivity index (χ1n) is 5.72. The number of carbonyl (C=O) groups is 1. The Hall–Kier alpha value is -0.610. The molecule has 0 spiro atoms. The van der Waals surface area contributed by atoms with Crippen LogP contribution in [0.4, 0.5) is 0 Å². The van der Waals surface area contributed by atoms with E-state index < -0.39 is 11.4 Å². The van der Waals surface area contributed by atoms with Crippen LogP contribution in [0.1, 0.15) is 19.8 Å². The summed E-state index contributed by atoms with van der Waals surface area (Å²) in [6.07, 6.45) is 1.71. The zero-order valence-electron chi connectivity index (χ0n) is 9.57. The van der Waals surface area contributed by atoms with Crippen molar-refractivity contribution in [1.82, 2.24) is 9.80 Å². The van der Waals surface area contributed by atoms with Gasteiger partial charge in [0.05, 0.1) is 5.41 Å². The van der Waals surface area contributed by atoms with Crippen LogP contribution in [0.5, 0.6) is 0 Å². The molecule has 86 valence electrons. The van der Waals surface area contributed by atoms with Gasteiger partial charge in [-0.1, -0.05) is 0 Å². The quantitative estimate of drug-likeness (QED) is 0.739. The topological polar surface area (TPSA) is 43.8 Å². The maximum absolute atomic E-state index is 11.2. The van der Waals surface area contributed by atoms with E-state index >= 15 is 0 Å². The summed E-state index contributed by atoms with van der Waals surface area (Å²) in [7, 11) is 2.12. The fraction of sp³-hybridized carbons (Fsp3) is 0.909. The summed E-state index contributed by atoms with van der Waals surface area (Å²) in [5, 5.41) is 9.22. The number of hydrogen-bond donors (Lipinski definition) is 1. The first-order valence-corrected chi connectivity index (χ1v) is 5.72. The van der Waals surface area contributed by atoms with Gasteiger partial charge in [-0.25, -0.2) is 0 Å². The molecule has 0 amide bonds. The fourth-order valence-corrected chi connectivity index (χ4v) is 2.50. The normalized spacial score (nSPS) is 28.7. The maximum atomic E-state index is 11.2. The Balaban J connectivity index is 1.96. The predicted molar refractivity (Wildman–Crippen MR) is 57.8 cm³/mol. The summed E-state index contributed by atoms with van der Waals surface area (Å²) < 4.78 is 0. The molecule has 1 N–H and O–H groups in total. The van der Waals surface area contributed by atoms with Crippen LogP contribution in [-0.2, 0) is 4.79 Å². The van der Waals surface area contributed by atoms with Crippen molar-refractivity contribution in [3.05, 3.63) is 0 Å². The molecule has 1 aliphatic carbocycles. The van der Waals surface area contributed by atoms with Crippen molar-refractivity contribution in [2.75, 3.05) is 33.2 Å². The van der Waals surface area contributed by atoms with Crippen LogP contribution in [0.25, 0.3) is 0 Å². The minimum Gasteiger partial charge on any atom is -0.481 e. The van der Waals surface area contributed by atoms with Crippen molar-refractivity contribution in [1.29, 1.82) is 0 Å². The average molecular weight is 212 g/mol. The van der Waals surface area contributed by atoms with Crippen LogP contribution in [0.3, 0.4) is 0 Å². The van der Waals surface area contributed by atoms with E-state index in [2.05, 4.69) is 23.8 Å². The molecule has 0 radical (unpaired) electrons. The van der Waals surface area contributed by atoms with Crippen LogP contribution in [0, 0.1) is 5.41 Å². The van der Waals surface area contributed by atoms with Gasteiger partial charge in [0.2, 0.25) is 0 Å². The fourth-order valence-electron chi connectivity index (χ4n) is 2.50. The summed E-state index contributed by atoms with van der Waals surface area (Å²) in [5.41, 5.74) is -0.421. The Morgan fingerprint density at radius 3 is 2.20 bits per heavy atom. The highest BCUT2D eigenvalue weighted by atomic mass is 16.4. The lowest BCUT2D eigenvalue weighted by Crippen LogP contribution is -2.52. The van der Waals surface area contributed by atoms with E-state index in [1.807, 2.05) is 0 Å². The maximum Gasteiger partial charge on any atom is 0.311 e. The van der Waals surface area contributed by atoms with Crippen molar-refractivity contribution in [2.45, 2.75) is 25.8 Å². The second kappa shape index (κ2) is 3.76. The second-order valence-corrected chi connectivity index (χ2v) is 4.98. The minimum atomic E-state index is -0.603. The number of likely N-dealkylation sites (N-methyl/N-ethyl adjacent to an activating group) is 1. The molecular weight excluding hydrogens is 192 g/mol. The van der Waals surface area contributed by atoms with E-state index in [1.54, 1.807) is 0 Å². The molecule has 0 aromatic rings. The molecule has 2 rings (SSSR count). The lowest BCUT2D eigenvalue weighted by Gasteiger charge is -2.38. The van der Waals surface area contributed by atoms with Crippen LogP contribution >= 0.6 is 0 Å². The summed E-state index contributed by atoms with van der Waals surface area (Å²) in [6.45, 7) is 6.20. The smallest absolute Gasteiger partial charge is 0.311 e. The summed E-state index contributed by atoms with van der Waals surface area (Å²) in [6, 6.07) is 0.198. The number of aliphatic carboxylic acids is 1. The zero-order valence-corrected chi connectivity index (χ0v) is 9.57. The third-order valence-electron chi connectivity index (χ3n) is 4.10. The monoisotopic (exact) mass is 212 g/mol. The van der Waals surface area contributed by atoms with Gasteiger partial charge in [0, 0.05) is 32.2 Å². The van der Waals surface area contributed by atoms with E-state index in [9.17, 15) is 9.90 Å². The molecule has 1 unspecified atom stereocenters. The highest BCUT2D eigenvalue weighted by molar-refractivity contribution is 5.78. The third kappa shape index (κ3) is 1.88. The van der Waals surface area contributed by atoms with E-state index in [4.69, 9.17) is 0 Å². The SMILES string of the molecule is CC(N1CCN(C)CC1)C1(C(=O)O)CC1. The lowest BCUT2D eigenvalue weighted by molar-refractivity contribution is -0.146. The Morgan fingerprint density at radius 1 is 1.27 bits per heavy atom. The molecule has 1 atom stereocenters. The molecule has 0 aromatic heterocycles. The molecule has 2 fully saturated rings. The number of carboxylic acids is 1. The van der Waals surface area contributed by atoms with E-state index in [0.717, 1.165) is 39.0 Å². The van der Waals surface area contributed by atoms with Gasteiger partial charge in [-0.05, 0) is 26.8 Å². The van der Waals surface area contributed by atoms with Crippen molar-refractivity contribution < 1.29 is 9.90 Å². The van der Waals surface area contributed by atoms with E-state index in [1.165, 1.54) is 0 Å². The Labute approximate surface area is 90.9 Å². The lowest BCUT2D eigenvalue weighted by atomic mass is 9.96. The van der Waals surface area contributed by atoms with Gasteiger partial charge in [0.1, 0.15) is 0 Å². The Bertz CT molecular complexity index is 255. The molecule has 4 nitrogen and oxygen atoms in total. The standard InChI is InChI=1S/C11H20N2O2/c1-9(11(3-4-11)10(14)15)13-7-5-12(2)6-8-13/h9H,3-8H2,1-2H3,(H,14,15). The molecule has 1 aliphatic heterocycles. The van der Waals surface area contributed by atoms with Gasteiger partial charge in [-0.3, -0.25) is 9.69 Å². The molecule has 4 heteroatoms.